The molecule has 0 radical (unpaired) electrons. The van der Waals surface area contributed by atoms with Crippen molar-refractivity contribution in [1.82, 2.24) is 4.98 Å². The van der Waals surface area contributed by atoms with Crippen molar-refractivity contribution < 1.29 is 0 Å². The smallest absolute Gasteiger partial charge is 0.252 e. The van der Waals surface area contributed by atoms with Crippen LogP contribution in [0.4, 0.5) is 45.5 Å². The van der Waals surface area contributed by atoms with E-state index < -0.39 is 0 Å². The number of hydrogen-bond acceptors (Lipinski definition) is 4. The number of hydrogen-bond donors (Lipinski definition) is 0. The lowest BCUT2D eigenvalue weighted by Crippen LogP contribution is -2.61. The molecule has 0 spiro atoms. The molecule has 0 bridgehead atoms. The lowest BCUT2D eigenvalue weighted by Gasteiger charge is -2.51. The van der Waals surface area contributed by atoms with E-state index >= 15 is 0 Å². The summed E-state index contributed by atoms with van der Waals surface area (Å²) in [5.74, 6) is 0. The van der Waals surface area contributed by atoms with E-state index in [4.69, 9.17) is 0 Å². The Balaban J connectivity index is 1.22. The SMILES string of the molecule is CC12CCCCC1(C)N(c1cc3c4c(c1)N(c1ccccc1)c1ccccc1B4c1ccccc1N3c1ccccc1)c1ccc(-c3ccncc3)cc12. The van der Waals surface area contributed by atoms with Crippen molar-refractivity contribution in [3.63, 3.8) is 0 Å². The first-order valence-corrected chi connectivity index (χ1v) is 19.5. The number of benzene rings is 6. The van der Waals surface area contributed by atoms with E-state index in [1.807, 2.05) is 12.4 Å². The second-order valence-corrected chi connectivity index (χ2v) is 15.9. The van der Waals surface area contributed by atoms with Gasteiger partial charge in [0.15, 0.2) is 0 Å². The fraction of sp³-hybridized carbons (Fsp3) is 0.163. The Labute approximate surface area is 318 Å². The van der Waals surface area contributed by atoms with Gasteiger partial charge in [0.1, 0.15) is 0 Å². The van der Waals surface area contributed by atoms with Gasteiger partial charge in [-0.05, 0) is 126 Å². The first kappa shape index (κ1) is 31.5. The number of nitrogens with zero attached hydrogens (tertiary/aromatic N) is 4. The van der Waals surface area contributed by atoms with Crippen LogP contribution in [0.25, 0.3) is 11.1 Å². The normalized spacial score (nSPS) is 20.5. The first-order chi connectivity index (χ1) is 26.5. The Morgan fingerprint density at radius 1 is 0.500 bits per heavy atom. The number of aromatic nitrogens is 1. The molecular weight excluding hydrogens is 655 g/mol. The molecule has 6 aromatic carbocycles. The van der Waals surface area contributed by atoms with Crippen molar-refractivity contribution in [2.45, 2.75) is 50.5 Å². The van der Waals surface area contributed by atoms with Gasteiger partial charge >= 0.3 is 0 Å². The summed E-state index contributed by atoms with van der Waals surface area (Å²) in [5.41, 5.74) is 17.7. The van der Waals surface area contributed by atoms with Crippen LogP contribution in [0, 0.1) is 0 Å². The van der Waals surface area contributed by atoms with E-state index in [1.54, 1.807) is 0 Å². The Morgan fingerprint density at radius 3 is 1.67 bits per heavy atom. The van der Waals surface area contributed by atoms with Crippen molar-refractivity contribution in [1.29, 1.82) is 0 Å². The maximum Gasteiger partial charge on any atom is 0.252 e. The molecule has 54 heavy (non-hydrogen) atoms. The quantitative estimate of drug-likeness (QED) is 0.171. The maximum absolute atomic E-state index is 4.31. The number of fused-ring (bicyclic) bond motifs is 7. The Kier molecular flexibility index (Phi) is 6.83. The Bertz CT molecular complexity index is 2460. The molecule has 3 aliphatic heterocycles. The van der Waals surface area contributed by atoms with Gasteiger partial charge in [-0.1, -0.05) is 98.6 Å². The third kappa shape index (κ3) is 4.30. The van der Waals surface area contributed by atoms with Gasteiger partial charge in [-0.25, -0.2) is 0 Å². The molecule has 11 rings (SSSR count). The molecule has 260 valence electrons. The summed E-state index contributed by atoms with van der Waals surface area (Å²) < 4.78 is 0. The van der Waals surface area contributed by atoms with Crippen LogP contribution >= 0.6 is 0 Å². The predicted octanol–water partition coefficient (Wildman–Crippen LogP) is 10.6. The van der Waals surface area contributed by atoms with E-state index in [0.717, 1.165) is 6.42 Å². The summed E-state index contributed by atoms with van der Waals surface area (Å²) >= 11 is 0. The Morgan fingerprint density at radius 2 is 1.06 bits per heavy atom. The number of rotatable bonds is 4. The van der Waals surface area contributed by atoms with Crippen molar-refractivity contribution in [3.05, 3.63) is 170 Å². The molecule has 2 atom stereocenters. The average molecular weight is 697 g/mol. The van der Waals surface area contributed by atoms with Crippen molar-refractivity contribution >= 4 is 68.6 Å². The molecule has 5 heteroatoms. The molecule has 1 saturated carbocycles. The third-order valence-electron chi connectivity index (χ3n) is 13.3. The average Bonchev–Trinajstić information content (AvgIpc) is 3.44. The van der Waals surface area contributed by atoms with Crippen LogP contribution < -0.4 is 31.1 Å². The summed E-state index contributed by atoms with van der Waals surface area (Å²) in [4.78, 5) is 12.1. The highest BCUT2D eigenvalue weighted by Crippen LogP contribution is 2.62. The summed E-state index contributed by atoms with van der Waals surface area (Å²) in [6, 6.07) is 56.6. The van der Waals surface area contributed by atoms with Crippen molar-refractivity contribution in [2.24, 2.45) is 0 Å². The zero-order valence-electron chi connectivity index (χ0n) is 30.8. The van der Waals surface area contributed by atoms with E-state index in [0.29, 0.717) is 0 Å². The zero-order valence-corrected chi connectivity index (χ0v) is 30.8. The molecule has 0 amide bonds. The van der Waals surface area contributed by atoms with Gasteiger partial charge in [0.05, 0.1) is 5.54 Å². The number of para-hydroxylation sites is 4. The van der Waals surface area contributed by atoms with Crippen LogP contribution in [0.2, 0.25) is 0 Å². The van der Waals surface area contributed by atoms with E-state index in [1.165, 1.54) is 97.8 Å². The molecule has 1 aliphatic carbocycles. The van der Waals surface area contributed by atoms with Gasteiger partial charge in [-0.3, -0.25) is 4.98 Å². The topological polar surface area (TPSA) is 22.6 Å². The lowest BCUT2D eigenvalue weighted by atomic mass is 9.33. The summed E-state index contributed by atoms with van der Waals surface area (Å²) in [7, 11) is 0. The predicted molar refractivity (Wildman–Crippen MR) is 227 cm³/mol. The van der Waals surface area contributed by atoms with E-state index in [9.17, 15) is 0 Å². The first-order valence-electron chi connectivity index (χ1n) is 19.5. The van der Waals surface area contributed by atoms with Gasteiger partial charge in [-0.2, -0.15) is 0 Å². The highest BCUT2D eigenvalue weighted by atomic mass is 15.3. The van der Waals surface area contributed by atoms with Gasteiger partial charge in [0.2, 0.25) is 0 Å². The second-order valence-electron chi connectivity index (χ2n) is 15.9. The van der Waals surface area contributed by atoms with Crippen LogP contribution in [0.5, 0.6) is 0 Å². The minimum atomic E-state index is -0.112. The molecule has 1 fully saturated rings. The van der Waals surface area contributed by atoms with Gasteiger partial charge in [-0.15, -0.1) is 0 Å². The largest absolute Gasteiger partial charge is 0.334 e. The fourth-order valence-corrected chi connectivity index (χ4v) is 10.6. The zero-order chi connectivity index (χ0) is 36.0. The van der Waals surface area contributed by atoms with E-state index in [-0.39, 0.29) is 17.7 Å². The molecular formula is C49H41BN4. The standard InChI is InChI=1S/C49H41BN4/c1-48-27-13-14-28-49(48,2)54(42-24-23-35(31-39(42)48)34-25-29-51-30-26-34)38-32-45-47-46(33-38)53(37-17-7-4-8-18-37)44-22-12-10-20-41(44)50(47)40-19-9-11-21-43(40)52(45)36-15-5-3-6-16-36/h3-12,15-26,29-33H,13-14,27-28H2,1-2H3. The molecule has 2 unspecified atom stereocenters. The van der Waals surface area contributed by atoms with Crippen LogP contribution in [0.1, 0.15) is 45.1 Å². The van der Waals surface area contributed by atoms with Crippen LogP contribution in [0.15, 0.2) is 164 Å². The highest BCUT2D eigenvalue weighted by Gasteiger charge is 2.58. The molecule has 4 heterocycles. The van der Waals surface area contributed by atoms with Crippen LogP contribution in [-0.4, -0.2) is 17.2 Å². The molecule has 4 nitrogen and oxygen atoms in total. The van der Waals surface area contributed by atoms with Gasteiger partial charge in [0.25, 0.3) is 6.71 Å². The number of anilines is 8. The molecule has 7 aromatic rings. The molecule has 0 saturated heterocycles. The van der Waals surface area contributed by atoms with E-state index in [2.05, 4.69) is 185 Å². The minimum absolute atomic E-state index is 0.0171. The Hall–Kier alpha value is -6.07. The minimum Gasteiger partial charge on any atom is -0.334 e. The second kappa shape index (κ2) is 11.7. The van der Waals surface area contributed by atoms with Crippen molar-refractivity contribution in [3.8, 4) is 11.1 Å². The maximum atomic E-state index is 4.31. The number of pyridine rings is 1. The van der Waals surface area contributed by atoms with Gasteiger partial charge in [0, 0.05) is 63.3 Å². The summed E-state index contributed by atoms with van der Waals surface area (Å²) in [5, 5.41) is 0. The fourth-order valence-electron chi connectivity index (χ4n) is 10.6. The van der Waals surface area contributed by atoms with Crippen LogP contribution in [-0.2, 0) is 5.41 Å². The highest BCUT2D eigenvalue weighted by molar-refractivity contribution is 7.00. The lowest BCUT2D eigenvalue weighted by molar-refractivity contribution is 0.195. The summed E-state index contributed by atoms with van der Waals surface area (Å²) in [6.07, 6.45) is 8.57. The monoisotopic (exact) mass is 696 g/mol. The van der Waals surface area contributed by atoms with Crippen molar-refractivity contribution in [2.75, 3.05) is 14.7 Å². The summed E-state index contributed by atoms with van der Waals surface area (Å²) in [6.45, 7) is 5.18. The molecule has 0 N–H and O–H groups in total. The third-order valence-corrected chi connectivity index (χ3v) is 13.3. The van der Waals surface area contributed by atoms with Gasteiger partial charge < -0.3 is 14.7 Å². The molecule has 4 aliphatic rings. The van der Waals surface area contributed by atoms with Crippen LogP contribution in [0.3, 0.4) is 0 Å². The molecule has 1 aromatic heterocycles.